The van der Waals surface area contributed by atoms with Crippen molar-refractivity contribution >= 4 is 21.7 Å². The molecule has 1 aliphatic heterocycles. The van der Waals surface area contributed by atoms with Crippen LogP contribution < -0.4 is 5.32 Å². The van der Waals surface area contributed by atoms with Crippen LogP contribution in [-0.2, 0) is 0 Å². The molecule has 1 N–H and O–H groups in total. The SMILES string of the molecule is Cc1nc(NCC2CCCN2C)ccc1Br. The highest BCUT2D eigenvalue weighted by molar-refractivity contribution is 9.10. The molecule has 0 bridgehead atoms. The zero-order valence-corrected chi connectivity index (χ0v) is 11.4. The Balaban J connectivity index is 1.91. The molecule has 0 aliphatic carbocycles. The second-order valence-corrected chi connectivity index (χ2v) is 5.28. The minimum Gasteiger partial charge on any atom is -0.368 e. The molecule has 2 rings (SSSR count). The molecule has 16 heavy (non-hydrogen) atoms. The van der Waals surface area contributed by atoms with Crippen LogP contribution in [0.15, 0.2) is 16.6 Å². The van der Waals surface area contributed by atoms with Gasteiger partial charge in [0.1, 0.15) is 5.82 Å². The average molecular weight is 284 g/mol. The van der Waals surface area contributed by atoms with E-state index in [4.69, 9.17) is 0 Å². The molecule has 0 amide bonds. The maximum atomic E-state index is 4.48. The summed E-state index contributed by atoms with van der Waals surface area (Å²) in [6.45, 7) is 4.22. The first kappa shape index (κ1) is 11.9. The Labute approximate surface area is 105 Å². The molecule has 1 fully saturated rings. The van der Waals surface area contributed by atoms with E-state index in [-0.39, 0.29) is 0 Å². The first-order valence-corrected chi connectivity index (χ1v) is 6.53. The first-order chi connectivity index (χ1) is 7.66. The number of aromatic nitrogens is 1. The van der Waals surface area contributed by atoms with Crippen LogP contribution in [0.25, 0.3) is 0 Å². The van der Waals surface area contributed by atoms with E-state index < -0.39 is 0 Å². The fraction of sp³-hybridized carbons (Fsp3) is 0.583. The predicted molar refractivity (Wildman–Crippen MR) is 70.8 cm³/mol. The summed E-state index contributed by atoms with van der Waals surface area (Å²) in [4.78, 5) is 6.90. The highest BCUT2D eigenvalue weighted by Crippen LogP contribution is 2.18. The number of nitrogens with zero attached hydrogens (tertiary/aromatic N) is 2. The molecule has 0 spiro atoms. The number of likely N-dealkylation sites (tertiary alicyclic amines) is 1. The second-order valence-electron chi connectivity index (χ2n) is 4.42. The third-order valence-corrected chi connectivity index (χ3v) is 4.05. The minimum absolute atomic E-state index is 0.658. The van der Waals surface area contributed by atoms with E-state index in [1.165, 1.54) is 19.4 Å². The number of hydrogen-bond acceptors (Lipinski definition) is 3. The third kappa shape index (κ3) is 2.74. The van der Waals surface area contributed by atoms with Crippen LogP contribution in [0.3, 0.4) is 0 Å². The first-order valence-electron chi connectivity index (χ1n) is 5.74. The van der Waals surface area contributed by atoms with Gasteiger partial charge < -0.3 is 10.2 Å². The topological polar surface area (TPSA) is 28.2 Å². The Morgan fingerprint density at radius 1 is 1.56 bits per heavy atom. The van der Waals surface area contributed by atoms with Crippen LogP contribution >= 0.6 is 15.9 Å². The van der Waals surface area contributed by atoms with Crippen LogP contribution in [0.5, 0.6) is 0 Å². The summed E-state index contributed by atoms with van der Waals surface area (Å²) < 4.78 is 1.07. The van der Waals surface area contributed by atoms with Gasteiger partial charge in [-0.05, 0) is 61.4 Å². The van der Waals surface area contributed by atoms with Gasteiger partial charge in [0.05, 0.1) is 5.69 Å². The molecular weight excluding hydrogens is 266 g/mol. The number of nitrogens with one attached hydrogen (secondary N) is 1. The Hall–Kier alpha value is -0.610. The van der Waals surface area contributed by atoms with E-state index in [0.29, 0.717) is 6.04 Å². The Morgan fingerprint density at radius 3 is 3.00 bits per heavy atom. The van der Waals surface area contributed by atoms with E-state index in [0.717, 1.165) is 22.5 Å². The Bertz CT molecular complexity index is 367. The van der Waals surface area contributed by atoms with E-state index >= 15 is 0 Å². The molecule has 0 aromatic carbocycles. The molecular formula is C12H18BrN3. The van der Waals surface area contributed by atoms with Crippen molar-refractivity contribution in [2.45, 2.75) is 25.8 Å². The van der Waals surface area contributed by atoms with Crippen molar-refractivity contribution in [3.8, 4) is 0 Å². The summed E-state index contributed by atoms with van der Waals surface area (Å²) in [5.41, 5.74) is 1.03. The van der Waals surface area contributed by atoms with Gasteiger partial charge in [-0.2, -0.15) is 0 Å². The fourth-order valence-electron chi connectivity index (χ4n) is 2.10. The van der Waals surface area contributed by atoms with Crippen LogP contribution in [0.2, 0.25) is 0 Å². The number of pyridine rings is 1. The summed E-state index contributed by atoms with van der Waals surface area (Å²) in [5, 5.41) is 3.41. The quantitative estimate of drug-likeness (QED) is 0.925. The zero-order valence-electron chi connectivity index (χ0n) is 9.83. The van der Waals surface area contributed by atoms with Crippen molar-refractivity contribution in [3.63, 3.8) is 0 Å². The lowest BCUT2D eigenvalue weighted by atomic mass is 10.2. The molecule has 1 aromatic heterocycles. The third-order valence-electron chi connectivity index (χ3n) is 3.21. The van der Waals surface area contributed by atoms with Gasteiger partial charge in [0, 0.05) is 17.1 Å². The number of likely N-dealkylation sites (N-methyl/N-ethyl adjacent to an activating group) is 1. The van der Waals surface area contributed by atoms with Crippen molar-refractivity contribution in [3.05, 3.63) is 22.3 Å². The monoisotopic (exact) mass is 283 g/mol. The van der Waals surface area contributed by atoms with Gasteiger partial charge in [0.15, 0.2) is 0 Å². The summed E-state index contributed by atoms with van der Waals surface area (Å²) in [5.74, 6) is 0.973. The van der Waals surface area contributed by atoms with Crippen molar-refractivity contribution in [1.29, 1.82) is 0 Å². The largest absolute Gasteiger partial charge is 0.368 e. The molecule has 88 valence electrons. The Kier molecular flexibility index (Phi) is 3.82. The van der Waals surface area contributed by atoms with Crippen molar-refractivity contribution < 1.29 is 0 Å². The molecule has 1 aromatic rings. The van der Waals surface area contributed by atoms with Crippen molar-refractivity contribution in [1.82, 2.24) is 9.88 Å². The highest BCUT2D eigenvalue weighted by atomic mass is 79.9. The van der Waals surface area contributed by atoms with E-state index in [9.17, 15) is 0 Å². The van der Waals surface area contributed by atoms with E-state index in [1.807, 2.05) is 19.1 Å². The van der Waals surface area contributed by atoms with Crippen LogP contribution in [0.1, 0.15) is 18.5 Å². The lowest BCUT2D eigenvalue weighted by molar-refractivity contribution is 0.322. The Morgan fingerprint density at radius 2 is 2.38 bits per heavy atom. The molecule has 1 saturated heterocycles. The van der Waals surface area contributed by atoms with Crippen LogP contribution in [-0.4, -0.2) is 36.1 Å². The molecule has 3 nitrogen and oxygen atoms in total. The molecule has 4 heteroatoms. The van der Waals surface area contributed by atoms with Gasteiger partial charge in [-0.25, -0.2) is 4.98 Å². The summed E-state index contributed by atoms with van der Waals surface area (Å²) in [6, 6.07) is 4.72. The minimum atomic E-state index is 0.658. The molecule has 1 unspecified atom stereocenters. The van der Waals surface area contributed by atoms with E-state index in [2.05, 4.69) is 38.2 Å². The molecule has 0 radical (unpaired) electrons. The summed E-state index contributed by atoms with van der Waals surface area (Å²) in [7, 11) is 2.19. The van der Waals surface area contributed by atoms with Gasteiger partial charge in [0.25, 0.3) is 0 Å². The second kappa shape index (κ2) is 5.15. The van der Waals surface area contributed by atoms with Gasteiger partial charge in [-0.1, -0.05) is 0 Å². The molecule has 1 atom stereocenters. The molecule has 0 saturated carbocycles. The molecule has 1 aliphatic rings. The maximum absolute atomic E-state index is 4.48. The molecule has 2 heterocycles. The number of hydrogen-bond donors (Lipinski definition) is 1. The van der Waals surface area contributed by atoms with E-state index in [1.54, 1.807) is 0 Å². The number of aryl methyl sites for hydroxylation is 1. The number of rotatable bonds is 3. The number of halogens is 1. The zero-order chi connectivity index (χ0) is 11.5. The summed E-state index contributed by atoms with van der Waals surface area (Å²) >= 11 is 3.46. The predicted octanol–water partition coefficient (Wildman–Crippen LogP) is 2.66. The maximum Gasteiger partial charge on any atom is 0.126 e. The van der Waals surface area contributed by atoms with Gasteiger partial charge in [-0.3, -0.25) is 0 Å². The van der Waals surface area contributed by atoms with Crippen molar-refractivity contribution in [2.24, 2.45) is 0 Å². The van der Waals surface area contributed by atoms with Gasteiger partial charge in [-0.15, -0.1) is 0 Å². The van der Waals surface area contributed by atoms with Gasteiger partial charge in [0.2, 0.25) is 0 Å². The smallest absolute Gasteiger partial charge is 0.126 e. The fourth-order valence-corrected chi connectivity index (χ4v) is 2.32. The lowest BCUT2D eigenvalue weighted by Gasteiger charge is -2.20. The highest BCUT2D eigenvalue weighted by Gasteiger charge is 2.20. The van der Waals surface area contributed by atoms with Crippen molar-refractivity contribution in [2.75, 3.05) is 25.5 Å². The lowest BCUT2D eigenvalue weighted by Crippen LogP contribution is -2.31. The average Bonchev–Trinajstić information content (AvgIpc) is 2.66. The summed E-state index contributed by atoms with van der Waals surface area (Å²) in [6.07, 6.45) is 2.61. The standard InChI is InChI=1S/C12H18BrN3/c1-9-11(13)5-6-12(15-9)14-8-10-4-3-7-16(10)2/h5-6,10H,3-4,7-8H2,1-2H3,(H,14,15). The normalized spacial score (nSPS) is 21.3. The van der Waals surface area contributed by atoms with Gasteiger partial charge >= 0.3 is 0 Å². The number of anilines is 1. The van der Waals surface area contributed by atoms with Crippen LogP contribution in [0.4, 0.5) is 5.82 Å². The van der Waals surface area contributed by atoms with Crippen LogP contribution in [0, 0.1) is 6.92 Å².